The number of carbonyl (C=O) groups is 1. The molecule has 3 aromatic rings. The van der Waals surface area contributed by atoms with Gasteiger partial charge in [0.25, 0.3) is 0 Å². The molecular weight excluding hydrogens is 407 g/mol. The summed E-state index contributed by atoms with van der Waals surface area (Å²) < 4.78 is 5.89. The van der Waals surface area contributed by atoms with Crippen LogP contribution >= 0.6 is 23.2 Å². The van der Waals surface area contributed by atoms with E-state index in [1.54, 1.807) is 18.2 Å². The van der Waals surface area contributed by atoms with Crippen LogP contribution in [0.25, 0.3) is 11.1 Å². The first-order chi connectivity index (χ1) is 14.1. The third-order valence-electron chi connectivity index (χ3n) is 5.53. The highest BCUT2D eigenvalue weighted by Crippen LogP contribution is 2.44. The summed E-state index contributed by atoms with van der Waals surface area (Å²) >= 11 is 13.0. The highest BCUT2D eigenvalue weighted by atomic mass is 35.5. The lowest BCUT2D eigenvalue weighted by Gasteiger charge is -2.30. The molecule has 2 aliphatic rings. The summed E-state index contributed by atoms with van der Waals surface area (Å²) in [5, 5.41) is 1.05. The largest absolute Gasteiger partial charge is 0.440 e. The summed E-state index contributed by atoms with van der Waals surface area (Å²) in [5.41, 5.74) is 5.14. The number of dihydropyridines is 1. The van der Waals surface area contributed by atoms with Crippen molar-refractivity contribution < 1.29 is 9.21 Å². The second kappa shape index (κ2) is 7.43. The number of ketones is 1. The minimum absolute atomic E-state index is 0.150. The molecule has 2 aromatic carbocycles. The van der Waals surface area contributed by atoms with E-state index in [2.05, 4.69) is 4.98 Å². The third-order valence-corrected chi connectivity index (χ3v) is 6.19. The van der Waals surface area contributed by atoms with E-state index in [0.717, 1.165) is 40.8 Å². The first kappa shape index (κ1) is 18.6. The lowest BCUT2D eigenvalue weighted by atomic mass is 9.79. The maximum atomic E-state index is 12.8. The van der Waals surface area contributed by atoms with Crippen LogP contribution < -0.4 is 0 Å². The van der Waals surface area contributed by atoms with Gasteiger partial charge in [0.15, 0.2) is 11.4 Å². The average Bonchev–Trinajstić information content (AvgIpc) is 3.10. The monoisotopic (exact) mass is 424 g/mol. The van der Waals surface area contributed by atoms with Crippen molar-refractivity contribution >= 4 is 45.8 Å². The van der Waals surface area contributed by atoms with Crippen molar-refractivity contribution in [1.29, 1.82) is 0 Å². The third kappa shape index (κ3) is 3.41. The molecule has 29 heavy (non-hydrogen) atoms. The van der Waals surface area contributed by atoms with E-state index in [4.69, 9.17) is 32.6 Å². The van der Waals surface area contributed by atoms with Gasteiger partial charge in [-0.15, -0.1) is 0 Å². The second-order valence-corrected chi connectivity index (χ2v) is 8.27. The van der Waals surface area contributed by atoms with Gasteiger partial charge < -0.3 is 4.42 Å². The molecule has 0 saturated heterocycles. The summed E-state index contributed by atoms with van der Waals surface area (Å²) in [6.07, 6.45) is 3.48. The number of aliphatic imine (C=N–C) groups is 1. The van der Waals surface area contributed by atoms with Crippen LogP contribution in [0.4, 0.5) is 0 Å². The van der Waals surface area contributed by atoms with Crippen LogP contribution in [-0.2, 0) is 11.2 Å². The predicted octanol–water partition coefficient (Wildman–Crippen LogP) is 6.31. The van der Waals surface area contributed by atoms with Gasteiger partial charge in [0, 0.05) is 39.7 Å². The van der Waals surface area contributed by atoms with Gasteiger partial charge in [0.2, 0.25) is 5.89 Å². The summed E-state index contributed by atoms with van der Waals surface area (Å²) in [6.45, 7) is 0. The normalized spacial score (nSPS) is 19.4. The average molecular weight is 425 g/mol. The molecule has 0 amide bonds. The number of rotatable bonds is 3. The standard InChI is InChI=1S/C23H18Cl2N2O2/c24-15-6-4-7-16(25)22(15)23-21-13(5-3-9-18(21)28)11-14(26-23)12-20-27-17-8-1-2-10-19(17)29-20/h1-2,4,6-8,10,23H,3,5,9,11-12H2. The minimum Gasteiger partial charge on any atom is -0.440 e. The molecule has 6 heteroatoms. The van der Waals surface area contributed by atoms with Crippen molar-refractivity contribution in [3.8, 4) is 0 Å². The molecule has 0 spiro atoms. The highest BCUT2D eigenvalue weighted by Gasteiger charge is 2.34. The van der Waals surface area contributed by atoms with Crippen LogP contribution in [-0.4, -0.2) is 16.5 Å². The van der Waals surface area contributed by atoms with Crippen molar-refractivity contribution in [2.75, 3.05) is 0 Å². The van der Waals surface area contributed by atoms with E-state index in [1.165, 1.54) is 0 Å². The number of aromatic nitrogens is 1. The molecule has 0 fully saturated rings. The number of allylic oxidation sites excluding steroid dienone is 1. The second-order valence-electron chi connectivity index (χ2n) is 7.46. The molecule has 4 nitrogen and oxygen atoms in total. The molecule has 0 radical (unpaired) electrons. The lowest BCUT2D eigenvalue weighted by molar-refractivity contribution is -0.116. The molecule has 1 aliphatic heterocycles. The number of fused-ring (bicyclic) bond motifs is 1. The van der Waals surface area contributed by atoms with Crippen LogP contribution in [0, 0.1) is 0 Å². The van der Waals surface area contributed by atoms with Crippen molar-refractivity contribution in [3.63, 3.8) is 0 Å². The molecule has 0 N–H and O–H groups in total. The molecule has 0 saturated carbocycles. The predicted molar refractivity (Wildman–Crippen MR) is 115 cm³/mol. The number of benzene rings is 2. The van der Waals surface area contributed by atoms with Crippen molar-refractivity contribution in [2.45, 2.75) is 38.1 Å². The van der Waals surface area contributed by atoms with Crippen LogP contribution in [0.15, 0.2) is 63.0 Å². The molecule has 0 bridgehead atoms. The number of nitrogens with zero attached hydrogens (tertiary/aromatic N) is 2. The highest BCUT2D eigenvalue weighted by molar-refractivity contribution is 6.36. The van der Waals surface area contributed by atoms with Gasteiger partial charge in [-0.25, -0.2) is 4.98 Å². The molecule has 1 aliphatic carbocycles. The Morgan fingerprint density at radius 3 is 2.62 bits per heavy atom. The first-order valence-corrected chi connectivity index (χ1v) is 10.4. The smallest absolute Gasteiger partial charge is 0.201 e. The van der Waals surface area contributed by atoms with Crippen LogP contribution in [0.5, 0.6) is 0 Å². The zero-order valence-corrected chi connectivity index (χ0v) is 17.1. The zero-order chi connectivity index (χ0) is 20.0. The quantitative estimate of drug-likeness (QED) is 0.494. The lowest BCUT2D eigenvalue weighted by Crippen LogP contribution is -2.24. The van der Waals surface area contributed by atoms with E-state index in [0.29, 0.717) is 40.8 Å². The molecule has 1 aromatic heterocycles. The van der Waals surface area contributed by atoms with Gasteiger partial charge in [-0.1, -0.05) is 47.0 Å². The number of para-hydroxylation sites is 2. The number of oxazole rings is 1. The Labute approximate surface area is 178 Å². The van der Waals surface area contributed by atoms with Gasteiger partial charge in [-0.3, -0.25) is 9.79 Å². The summed E-state index contributed by atoms with van der Waals surface area (Å²) in [7, 11) is 0. The Bertz CT molecular complexity index is 1140. The van der Waals surface area contributed by atoms with Crippen LogP contribution in [0.1, 0.15) is 43.2 Å². The summed E-state index contributed by atoms with van der Waals surface area (Å²) in [5.74, 6) is 0.775. The van der Waals surface area contributed by atoms with Crippen molar-refractivity contribution in [3.05, 3.63) is 75.1 Å². The zero-order valence-electron chi connectivity index (χ0n) is 15.6. The van der Waals surface area contributed by atoms with Gasteiger partial charge in [0.1, 0.15) is 11.6 Å². The van der Waals surface area contributed by atoms with Gasteiger partial charge in [-0.05, 0) is 37.1 Å². The van der Waals surface area contributed by atoms with Crippen LogP contribution in [0.2, 0.25) is 10.0 Å². The molecule has 146 valence electrons. The number of halogens is 2. The Kier molecular flexibility index (Phi) is 4.76. The Hall–Kier alpha value is -2.43. The first-order valence-electron chi connectivity index (χ1n) is 9.69. The fourth-order valence-electron chi connectivity index (χ4n) is 4.26. The van der Waals surface area contributed by atoms with Gasteiger partial charge in [-0.2, -0.15) is 0 Å². The van der Waals surface area contributed by atoms with Gasteiger partial charge >= 0.3 is 0 Å². The molecular formula is C23H18Cl2N2O2. The van der Waals surface area contributed by atoms with E-state index < -0.39 is 6.04 Å². The summed E-state index contributed by atoms with van der Waals surface area (Å²) in [6, 6.07) is 12.6. The van der Waals surface area contributed by atoms with Crippen LogP contribution in [0.3, 0.4) is 0 Å². The Balaban J connectivity index is 1.57. The van der Waals surface area contributed by atoms with Crippen molar-refractivity contribution in [2.24, 2.45) is 4.99 Å². The summed E-state index contributed by atoms with van der Waals surface area (Å²) in [4.78, 5) is 22.3. The molecule has 1 atom stereocenters. The SMILES string of the molecule is O=C1CCCC2=C1C(c1c(Cl)cccc1Cl)N=C(Cc1nc3ccccc3o1)C2. The number of Topliss-reactive ketones (excluding diaryl/α,β-unsaturated/α-hetero) is 1. The Morgan fingerprint density at radius 1 is 1.03 bits per heavy atom. The minimum atomic E-state index is -0.466. The fraction of sp³-hybridized carbons (Fsp3) is 0.261. The van der Waals surface area contributed by atoms with Crippen molar-refractivity contribution in [1.82, 2.24) is 4.98 Å². The van der Waals surface area contributed by atoms with E-state index >= 15 is 0 Å². The fourth-order valence-corrected chi connectivity index (χ4v) is 4.86. The topological polar surface area (TPSA) is 55.5 Å². The van der Waals surface area contributed by atoms with E-state index in [-0.39, 0.29) is 5.78 Å². The maximum absolute atomic E-state index is 12.8. The molecule has 1 unspecified atom stereocenters. The number of hydrogen-bond acceptors (Lipinski definition) is 4. The number of hydrogen-bond donors (Lipinski definition) is 0. The molecule has 2 heterocycles. The van der Waals surface area contributed by atoms with E-state index in [1.807, 2.05) is 24.3 Å². The maximum Gasteiger partial charge on any atom is 0.201 e. The molecule has 5 rings (SSSR count). The number of carbonyl (C=O) groups excluding carboxylic acids is 1. The van der Waals surface area contributed by atoms with E-state index in [9.17, 15) is 4.79 Å². The Morgan fingerprint density at radius 2 is 1.83 bits per heavy atom. The van der Waals surface area contributed by atoms with Gasteiger partial charge in [0.05, 0.1) is 6.42 Å².